The number of nitrogens with one attached hydrogen (secondary N) is 1. The first-order valence-corrected chi connectivity index (χ1v) is 6.64. The van der Waals surface area contributed by atoms with Crippen LogP contribution in [0.1, 0.15) is 41.0 Å². The largest absolute Gasteiger partial charge is 0.444 e. The smallest absolute Gasteiger partial charge is 0.407 e. The van der Waals surface area contributed by atoms with Gasteiger partial charge >= 0.3 is 6.09 Å². The topological polar surface area (TPSA) is 56.8 Å². The maximum atomic E-state index is 11.6. The number of hydrogen-bond donors (Lipinski definition) is 1. The van der Waals surface area contributed by atoms with Crippen LogP contribution < -0.4 is 5.32 Å². The van der Waals surface area contributed by atoms with E-state index in [0.29, 0.717) is 19.6 Å². The van der Waals surface area contributed by atoms with Crippen LogP contribution in [0.25, 0.3) is 0 Å². The van der Waals surface area contributed by atoms with E-state index >= 15 is 0 Å². The molecule has 5 heteroatoms. The third-order valence-corrected chi connectivity index (χ3v) is 2.17. The summed E-state index contributed by atoms with van der Waals surface area (Å²) in [5.74, 6) is -0.873. The zero-order valence-electron chi connectivity index (χ0n) is 12.7. The lowest BCUT2D eigenvalue weighted by Gasteiger charge is -2.32. The summed E-state index contributed by atoms with van der Waals surface area (Å²) in [6.45, 7) is 14.1. The average molecular weight is 273 g/mol. The number of amides is 1. The summed E-state index contributed by atoms with van der Waals surface area (Å²) in [5.41, 5.74) is -0.525. The van der Waals surface area contributed by atoms with E-state index in [-0.39, 0.29) is 6.54 Å². The van der Waals surface area contributed by atoms with Crippen molar-refractivity contribution in [1.82, 2.24) is 5.32 Å². The molecule has 0 aromatic carbocycles. The molecule has 0 aliphatic carbocycles. The van der Waals surface area contributed by atoms with E-state index in [1.165, 1.54) is 0 Å². The lowest BCUT2D eigenvalue weighted by molar-refractivity contribution is -0.226. The third-order valence-electron chi connectivity index (χ3n) is 2.17. The van der Waals surface area contributed by atoms with Crippen molar-refractivity contribution in [3.63, 3.8) is 0 Å². The third kappa shape index (κ3) is 7.85. The number of carbonyl (C=O) groups excluding carboxylic acids is 1. The molecule has 0 rings (SSSR count). The first-order valence-electron chi connectivity index (χ1n) is 6.64. The van der Waals surface area contributed by atoms with Gasteiger partial charge in [0.05, 0.1) is 6.54 Å². The van der Waals surface area contributed by atoms with E-state index in [1.807, 2.05) is 34.6 Å². The van der Waals surface area contributed by atoms with Gasteiger partial charge in [0.15, 0.2) is 5.79 Å². The summed E-state index contributed by atoms with van der Waals surface area (Å²) in [6.07, 6.45) is 1.72. The first-order chi connectivity index (χ1) is 8.78. The molecule has 0 aromatic rings. The van der Waals surface area contributed by atoms with Crippen molar-refractivity contribution < 1.29 is 19.0 Å². The highest BCUT2D eigenvalue weighted by Crippen LogP contribution is 2.18. The molecule has 0 aromatic heterocycles. The summed E-state index contributed by atoms with van der Waals surface area (Å²) >= 11 is 0. The lowest BCUT2D eigenvalue weighted by atomic mass is 10.2. The summed E-state index contributed by atoms with van der Waals surface area (Å²) in [5, 5.41) is 2.68. The van der Waals surface area contributed by atoms with Crippen LogP contribution in [0.5, 0.6) is 0 Å². The number of hydrogen-bond acceptors (Lipinski definition) is 4. The molecule has 0 heterocycles. The van der Waals surface area contributed by atoms with Crippen LogP contribution in [0.3, 0.4) is 0 Å². The van der Waals surface area contributed by atoms with Crippen molar-refractivity contribution in [2.75, 3.05) is 19.8 Å². The minimum Gasteiger partial charge on any atom is -0.444 e. The Kier molecular flexibility index (Phi) is 7.71. The SMILES string of the molecule is C=CCC(CNC(=O)OC(C)(C)C)(OCC)OCC. The Morgan fingerprint density at radius 2 is 1.74 bits per heavy atom. The maximum Gasteiger partial charge on any atom is 0.407 e. The molecule has 5 nitrogen and oxygen atoms in total. The molecule has 0 atom stereocenters. The highest BCUT2D eigenvalue weighted by atomic mass is 16.7. The van der Waals surface area contributed by atoms with E-state index in [2.05, 4.69) is 11.9 Å². The van der Waals surface area contributed by atoms with Gasteiger partial charge in [-0.3, -0.25) is 0 Å². The fraction of sp³-hybridized carbons (Fsp3) is 0.786. The van der Waals surface area contributed by atoms with Crippen molar-refractivity contribution in [1.29, 1.82) is 0 Å². The van der Waals surface area contributed by atoms with Crippen LogP contribution in [-0.4, -0.2) is 37.2 Å². The molecule has 19 heavy (non-hydrogen) atoms. The molecule has 0 radical (unpaired) electrons. The molecule has 0 bridgehead atoms. The van der Waals surface area contributed by atoms with Gasteiger partial charge in [0, 0.05) is 19.6 Å². The van der Waals surface area contributed by atoms with Gasteiger partial charge in [0.1, 0.15) is 5.60 Å². The van der Waals surface area contributed by atoms with Crippen LogP contribution in [0.2, 0.25) is 0 Å². The highest BCUT2D eigenvalue weighted by molar-refractivity contribution is 5.67. The van der Waals surface area contributed by atoms with Crippen LogP contribution in [-0.2, 0) is 14.2 Å². The first kappa shape index (κ1) is 17.9. The summed E-state index contributed by atoms with van der Waals surface area (Å²) in [4.78, 5) is 11.6. The van der Waals surface area contributed by atoms with Gasteiger partial charge in [-0.15, -0.1) is 6.58 Å². The second-order valence-electron chi connectivity index (χ2n) is 5.12. The molecular formula is C14H27NO4. The molecule has 0 spiro atoms. The van der Waals surface area contributed by atoms with Gasteiger partial charge in [-0.2, -0.15) is 0 Å². The van der Waals surface area contributed by atoms with Crippen LogP contribution in [0.4, 0.5) is 4.79 Å². The minimum absolute atomic E-state index is 0.218. The van der Waals surface area contributed by atoms with Gasteiger partial charge in [0.25, 0.3) is 0 Å². The van der Waals surface area contributed by atoms with Crippen molar-refractivity contribution in [3.05, 3.63) is 12.7 Å². The van der Waals surface area contributed by atoms with E-state index in [1.54, 1.807) is 6.08 Å². The quantitative estimate of drug-likeness (QED) is 0.546. The average Bonchev–Trinajstić information content (AvgIpc) is 2.25. The van der Waals surface area contributed by atoms with E-state index in [4.69, 9.17) is 14.2 Å². The molecule has 0 unspecified atom stereocenters. The molecule has 0 saturated carbocycles. The van der Waals surface area contributed by atoms with E-state index in [0.717, 1.165) is 0 Å². The number of carbonyl (C=O) groups is 1. The van der Waals surface area contributed by atoms with Gasteiger partial charge in [0.2, 0.25) is 0 Å². The molecule has 112 valence electrons. The summed E-state index contributed by atoms with van der Waals surface area (Å²) in [6, 6.07) is 0. The van der Waals surface area contributed by atoms with Gasteiger partial charge in [-0.05, 0) is 34.6 Å². The van der Waals surface area contributed by atoms with Crippen LogP contribution in [0.15, 0.2) is 12.7 Å². The Morgan fingerprint density at radius 3 is 2.11 bits per heavy atom. The number of alkyl carbamates (subject to hydrolysis) is 1. The highest BCUT2D eigenvalue weighted by Gasteiger charge is 2.31. The van der Waals surface area contributed by atoms with Gasteiger partial charge in [-0.25, -0.2) is 4.79 Å². The Hall–Kier alpha value is -1.07. The Balaban J connectivity index is 4.54. The number of rotatable bonds is 8. The fourth-order valence-electron chi connectivity index (χ4n) is 1.60. The molecule has 1 N–H and O–H groups in total. The minimum atomic E-state index is -0.873. The second kappa shape index (κ2) is 8.17. The monoisotopic (exact) mass is 273 g/mol. The normalized spacial score (nSPS) is 12.1. The van der Waals surface area contributed by atoms with E-state index in [9.17, 15) is 4.79 Å². The molecule has 0 aliphatic heterocycles. The summed E-state index contributed by atoms with van der Waals surface area (Å²) < 4.78 is 16.4. The Bertz CT molecular complexity index is 278. The predicted molar refractivity (Wildman–Crippen MR) is 75.0 cm³/mol. The zero-order chi connectivity index (χ0) is 14.9. The molecule has 0 fully saturated rings. The van der Waals surface area contributed by atoms with Crippen LogP contribution >= 0.6 is 0 Å². The number of ether oxygens (including phenoxy) is 3. The molecule has 1 amide bonds. The van der Waals surface area contributed by atoms with Crippen molar-refractivity contribution >= 4 is 6.09 Å². The zero-order valence-corrected chi connectivity index (χ0v) is 12.7. The summed E-state index contributed by atoms with van der Waals surface area (Å²) in [7, 11) is 0. The Morgan fingerprint density at radius 1 is 1.21 bits per heavy atom. The van der Waals surface area contributed by atoms with Crippen molar-refractivity contribution in [2.45, 2.75) is 52.4 Å². The van der Waals surface area contributed by atoms with Crippen molar-refractivity contribution in [3.8, 4) is 0 Å². The van der Waals surface area contributed by atoms with Gasteiger partial charge < -0.3 is 19.5 Å². The van der Waals surface area contributed by atoms with Crippen molar-refractivity contribution in [2.24, 2.45) is 0 Å². The second-order valence-corrected chi connectivity index (χ2v) is 5.12. The lowest BCUT2D eigenvalue weighted by Crippen LogP contribution is -2.48. The Labute approximate surface area is 116 Å². The molecule has 0 saturated heterocycles. The van der Waals surface area contributed by atoms with Crippen LogP contribution in [0, 0.1) is 0 Å². The maximum absolute atomic E-state index is 11.6. The van der Waals surface area contributed by atoms with E-state index < -0.39 is 17.5 Å². The standard InChI is InChI=1S/C14H27NO4/c1-7-10-14(17-8-2,18-9-3)11-15-12(16)19-13(4,5)6/h7H,1,8-11H2,2-6H3,(H,15,16). The fourth-order valence-corrected chi connectivity index (χ4v) is 1.60. The molecular weight excluding hydrogens is 246 g/mol. The van der Waals surface area contributed by atoms with Gasteiger partial charge in [-0.1, -0.05) is 6.08 Å². The predicted octanol–water partition coefficient (Wildman–Crippen LogP) is 2.86. The molecule has 0 aliphatic rings.